The second-order valence-electron chi connectivity index (χ2n) is 6.98. The Morgan fingerprint density at radius 1 is 1.19 bits per heavy atom. The van der Waals surface area contributed by atoms with Crippen LogP contribution in [0.5, 0.6) is 0 Å². The first kappa shape index (κ1) is 16.7. The van der Waals surface area contributed by atoms with Gasteiger partial charge in [-0.15, -0.1) is 11.3 Å². The van der Waals surface area contributed by atoms with E-state index >= 15 is 0 Å². The number of anilines is 1. The first-order valence-electron chi connectivity index (χ1n) is 7.91. The predicted octanol–water partition coefficient (Wildman–Crippen LogP) is 3.21. The van der Waals surface area contributed by atoms with Crippen LogP contribution in [0.1, 0.15) is 52.1 Å². The summed E-state index contributed by atoms with van der Waals surface area (Å²) in [6.45, 7) is 16.7. The molecule has 0 radical (unpaired) electrons. The highest BCUT2D eigenvalue weighted by Gasteiger charge is 2.39. The average Bonchev–Trinajstić information content (AvgIpc) is 2.75. The fraction of sp³-hybridized carbons (Fsp3) is 0.812. The Kier molecular flexibility index (Phi) is 4.96. The summed E-state index contributed by atoms with van der Waals surface area (Å²) < 4.78 is 6.16. The summed E-state index contributed by atoms with van der Waals surface area (Å²) in [7, 11) is 0. The van der Waals surface area contributed by atoms with Gasteiger partial charge >= 0.3 is 0 Å². The van der Waals surface area contributed by atoms with Crippen molar-refractivity contribution in [2.75, 3.05) is 24.5 Å². The summed E-state index contributed by atoms with van der Waals surface area (Å²) in [5.74, 6) is 0. The maximum Gasteiger partial charge on any atom is 0.186 e. The highest BCUT2D eigenvalue weighted by atomic mass is 32.1. The number of aryl methyl sites for hydroxylation is 1. The predicted molar refractivity (Wildman–Crippen MR) is 90.3 cm³/mol. The lowest BCUT2D eigenvalue weighted by Crippen LogP contribution is -2.57. The third kappa shape index (κ3) is 4.18. The smallest absolute Gasteiger partial charge is 0.186 e. The Balaban J connectivity index is 2.22. The van der Waals surface area contributed by atoms with Gasteiger partial charge in [0.1, 0.15) is 0 Å². The molecule has 0 spiro atoms. The van der Waals surface area contributed by atoms with Gasteiger partial charge < -0.3 is 15.0 Å². The molecule has 4 nitrogen and oxygen atoms in total. The Morgan fingerprint density at radius 3 is 2.33 bits per heavy atom. The minimum atomic E-state index is -0.137. The molecule has 0 amide bonds. The van der Waals surface area contributed by atoms with Crippen LogP contribution in [0, 0.1) is 0 Å². The van der Waals surface area contributed by atoms with Crippen LogP contribution in [0.3, 0.4) is 0 Å². The molecule has 2 heterocycles. The SMILES string of the molecule is CCNCc1sc(N2CC(C)(C)OC(C)(C)C2)nc1CC. The molecule has 0 atom stereocenters. The molecule has 0 saturated carbocycles. The molecule has 0 aliphatic carbocycles. The van der Waals surface area contributed by atoms with E-state index in [4.69, 9.17) is 9.72 Å². The van der Waals surface area contributed by atoms with Gasteiger partial charge in [-0.05, 0) is 40.7 Å². The molecule has 0 aromatic carbocycles. The van der Waals surface area contributed by atoms with E-state index in [1.807, 2.05) is 11.3 Å². The number of hydrogen-bond donors (Lipinski definition) is 1. The van der Waals surface area contributed by atoms with Gasteiger partial charge in [0.2, 0.25) is 0 Å². The number of rotatable bonds is 5. The Bertz CT molecular complexity index is 466. The van der Waals surface area contributed by atoms with Crippen molar-refractivity contribution in [3.05, 3.63) is 10.6 Å². The van der Waals surface area contributed by atoms with Gasteiger partial charge in [-0.2, -0.15) is 0 Å². The Labute approximate surface area is 132 Å². The summed E-state index contributed by atoms with van der Waals surface area (Å²) in [5, 5.41) is 4.56. The zero-order chi connectivity index (χ0) is 15.7. The fourth-order valence-corrected chi connectivity index (χ4v) is 4.20. The molecule has 120 valence electrons. The Hall–Kier alpha value is -0.650. The van der Waals surface area contributed by atoms with Gasteiger partial charge in [0.05, 0.1) is 16.9 Å². The molecule has 1 aromatic rings. The number of thiazole rings is 1. The molecular formula is C16H29N3OS. The monoisotopic (exact) mass is 311 g/mol. The van der Waals surface area contributed by atoms with Crippen molar-refractivity contribution in [2.24, 2.45) is 0 Å². The van der Waals surface area contributed by atoms with Crippen LogP contribution in [0.25, 0.3) is 0 Å². The van der Waals surface area contributed by atoms with Gasteiger partial charge in [0.15, 0.2) is 5.13 Å². The lowest BCUT2D eigenvalue weighted by molar-refractivity contribution is -0.133. The van der Waals surface area contributed by atoms with Crippen LogP contribution < -0.4 is 10.2 Å². The molecule has 1 aliphatic rings. The summed E-state index contributed by atoms with van der Waals surface area (Å²) >= 11 is 1.83. The van der Waals surface area contributed by atoms with E-state index in [-0.39, 0.29) is 11.2 Å². The van der Waals surface area contributed by atoms with Crippen molar-refractivity contribution < 1.29 is 4.74 Å². The molecule has 5 heteroatoms. The molecule has 0 bridgehead atoms. The van der Waals surface area contributed by atoms with Crippen molar-refractivity contribution >= 4 is 16.5 Å². The maximum atomic E-state index is 6.16. The third-order valence-corrected chi connectivity index (χ3v) is 4.76. The zero-order valence-corrected chi connectivity index (χ0v) is 15.1. The number of aromatic nitrogens is 1. The van der Waals surface area contributed by atoms with Gasteiger partial charge in [-0.1, -0.05) is 13.8 Å². The fourth-order valence-electron chi connectivity index (χ4n) is 3.08. The topological polar surface area (TPSA) is 37.4 Å². The molecule has 1 saturated heterocycles. The number of hydrogen-bond acceptors (Lipinski definition) is 5. The number of nitrogens with one attached hydrogen (secondary N) is 1. The first-order valence-corrected chi connectivity index (χ1v) is 8.72. The highest BCUT2D eigenvalue weighted by Crippen LogP contribution is 2.34. The lowest BCUT2D eigenvalue weighted by atomic mass is 9.99. The molecule has 2 rings (SSSR count). The van der Waals surface area contributed by atoms with Gasteiger partial charge in [0, 0.05) is 24.5 Å². The van der Waals surface area contributed by atoms with Crippen LogP contribution in [0.4, 0.5) is 5.13 Å². The van der Waals surface area contributed by atoms with Gasteiger partial charge in [-0.3, -0.25) is 0 Å². The number of ether oxygens (including phenoxy) is 1. The van der Waals surface area contributed by atoms with E-state index in [2.05, 4.69) is 51.8 Å². The molecule has 1 aromatic heterocycles. The van der Waals surface area contributed by atoms with Crippen LogP contribution in [-0.4, -0.2) is 35.8 Å². The van der Waals surface area contributed by atoms with E-state index in [9.17, 15) is 0 Å². The molecule has 21 heavy (non-hydrogen) atoms. The summed E-state index contributed by atoms with van der Waals surface area (Å²) in [6.07, 6.45) is 0.994. The van der Waals surface area contributed by atoms with E-state index < -0.39 is 0 Å². The van der Waals surface area contributed by atoms with Crippen LogP contribution in [-0.2, 0) is 17.7 Å². The van der Waals surface area contributed by atoms with E-state index in [0.29, 0.717) is 0 Å². The molecule has 0 unspecified atom stereocenters. The summed E-state index contributed by atoms with van der Waals surface area (Å²) in [6, 6.07) is 0. The van der Waals surface area contributed by atoms with Crippen molar-refractivity contribution in [1.82, 2.24) is 10.3 Å². The van der Waals surface area contributed by atoms with Crippen LogP contribution in [0.2, 0.25) is 0 Å². The maximum absolute atomic E-state index is 6.16. The minimum absolute atomic E-state index is 0.137. The molecule has 1 N–H and O–H groups in total. The molecule has 1 fully saturated rings. The van der Waals surface area contributed by atoms with E-state index in [1.54, 1.807) is 0 Å². The Morgan fingerprint density at radius 2 is 1.81 bits per heavy atom. The average molecular weight is 311 g/mol. The highest BCUT2D eigenvalue weighted by molar-refractivity contribution is 7.15. The normalized spacial score (nSPS) is 20.8. The summed E-state index contributed by atoms with van der Waals surface area (Å²) in [5.41, 5.74) is 0.960. The number of morpholine rings is 1. The second-order valence-corrected chi connectivity index (χ2v) is 8.04. The lowest BCUT2D eigenvalue weighted by Gasteiger charge is -2.47. The summed E-state index contributed by atoms with van der Waals surface area (Å²) in [4.78, 5) is 8.65. The van der Waals surface area contributed by atoms with E-state index in [0.717, 1.165) is 37.7 Å². The standard InChI is InChI=1S/C16H29N3OS/c1-7-12-13(9-17-8-2)21-14(18-12)19-10-15(3,4)20-16(5,6)11-19/h17H,7-11H2,1-6H3. The molecular weight excluding hydrogens is 282 g/mol. The molecule has 1 aliphatic heterocycles. The second kappa shape index (κ2) is 6.23. The van der Waals surface area contributed by atoms with E-state index in [1.165, 1.54) is 10.6 Å². The van der Waals surface area contributed by atoms with Gasteiger partial charge in [-0.25, -0.2) is 4.98 Å². The van der Waals surface area contributed by atoms with Crippen molar-refractivity contribution in [3.8, 4) is 0 Å². The van der Waals surface area contributed by atoms with Crippen LogP contribution >= 0.6 is 11.3 Å². The third-order valence-electron chi connectivity index (χ3n) is 3.60. The quantitative estimate of drug-likeness (QED) is 0.906. The number of nitrogens with zero attached hydrogens (tertiary/aromatic N) is 2. The van der Waals surface area contributed by atoms with Crippen molar-refractivity contribution in [3.63, 3.8) is 0 Å². The largest absolute Gasteiger partial charge is 0.366 e. The van der Waals surface area contributed by atoms with Crippen molar-refractivity contribution in [2.45, 2.75) is 65.7 Å². The minimum Gasteiger partial charge on any atom is -0.366 e. The van der Waals surface area contributed by atoms with Crippen molar-refractivity contribution in [1.29, 1.82) is 0 Å². The van der Waals surface area contributed by atoms with Gasteiger partial charge in [0.25, 0.3) is 0 Å². The first-order chi connectivity index (χ1) is 9.76. The van der Waals surface area contributed by atoms with Crippen LogP contribution in [0.15, 0.2) is 0 Å². The zero-order valence-electron chi connectivity index (χ0n) is 14.2.